The van der Waals surface area contributed by atoms with Crippen LogP contribution in [0.3, 0.4) is 0 Å². The molecule has 0 fully saturated rings. The van der Waals surface area contributed by atoms with Gasteiger partial charge in [0.15, 0.2) is 5.76 Å². The topological polar surface area (TPSA) is 96.0 Å². The molecule has 0 saturated heterocycles. The first kappa shape index (κ1) is 14.2. The molecule has 2 rings (SSSR count). The number of hydrogen-bond acceptors (Lipinski definition) is 5. The Morgan fingerprint density at radius 3 is 2.45 bits per heavy atom. The van der Waals surface area contributed by atoms with Crippen LogP contribution in [-0.4, -0.2) is 13.6 Å². The molecule has 1 atom stereocenters. The third-order valence-electron chi connectivity index (χ3n) is 2.77. The van der Waals surface area contributed by atoms with Gasteiger partial charge in [-0.2, -0.15) is 9.98 Å². The molecule has 1 N–H and O–H groups in total. The molecular formula is C13H13N3O3S. The highest BCUT2D eigenvalue weighted by molar-refractivity contribution is 7.89. The van der Waals surface area contributed by atoms with E-state index in [1.54, 1.807) is 30.3 Å². The highest BCUT2D eigenvalue weighted by atomic mass is 32.2. The minimum absolute atomic E-state index is 0.0197. The fraction of sp³-hybridized carbons (Fsp3) is 0.231. The number of aryl methyl sites for hydroxylation is 2. The highest BCUT2D eigenvalue weighted by Gasteiger charge is 2.27. The maximum atomic E-state index is 12.3. The molecule has 6 nitrogen and oxygen atoms in total. The second kappa shape index (κ2) is 5.45. The number of sulfonamides is 1. The van der Waals surface area contributed by atoms with Crippen LogP contribution < -0.4 is 4.72 Å². The van der Waals surface area contributed by atoms with Gasteiger partial charge in [0.2, 0.25) is 10.0 Å². The predicted octanol–water partition coefficient (Wildman–Crippen LogP) is 1.83. The lowest BCUT2D eigenvalue weighted by atomic mass is 10.1. The molecule has 0 aliphatic rings. The van der Waals surface area contributed by atoms with Crippen LogP contribution >= 0.6 is 0 Å². The van der Waals surface area contributed by atoms with Gasteiger partial charge in [-0.25, -0.2) is 8.42 Å². The molecule has 2 aromatic rings. The maximum Gasteiger partial charge on any atom is 0.247 e. The van der Waals surface area contributed by atoms with E-state index in [-0.39, 0.29) is 16.3 Å². The minimum atomic E-state index is -3.87. The molecule has 20 heavy (non-hydrogen) atoms. The molecule has 0 radical (unpaired) electrons. The Morgan fingerprint density at radius 2 is 1.95 bits per heavy atom. The van der Waals surface area contributed by atoms with E-state index in [1.165, 1.54) is 13.8 Å². The van der Waals surface area contributed by atoms with Crippen LogP contribution in [0.15, 0.2) is 39.8 Å². The molecule has 0 aliphatic carbocycles. The Bertz CT molecular complexity index is 725. The van der Waals surface area contributed by atoms with Gasteiger partial charge in [0.25, 0.3) is 0 Å². The summed E-state index contributed by atoms with van der Waals surface area (Å²) in [5, 5.41) is 12.8. The second-order valence-electron chi connectivity index (χ2n) is 4.25. The van der Waals surface area contributed by atoms with Crippen LogP contribution in [-0.2, 0) is 10.0 Å². The van der Waals surface area contributed by atoms with Crippen molar-refractivity contribution in [2.24, 2.45) is 0 Å². The molecule has 1 heterocycles. The Hall–Kier alpha value is -2.17. The summed E-state index contributed by atoms with van der Waals surface area (Å²) in [6.07, 6.45) is 0. The molecular weight excluding hydrogens is 278 g/mol. The van der Waals surface area contributed by atoms with Crippen molar-refractivity contribution in [3.05, 3.63) is 47.3 Å². The van der Waals surface area contributed by atoms with E-state index in [9.17, 15) is 8.42 Å². The van der Waals surface area contributed by atoms with E-state index >= 15 is 0 Å². The van der Waals surface area contributed by atoms with Gasteiger partial charge in [-0.3, -0.25) is 0 Å². The number of benzene rings is 1. The van der Waals surface area contributed by atoms with Crippen molar-refractivity contribution < 1.29 is 12.9 Å². The monoisotopic (exact) mass is 291 g/mol. The first-order valence-corrected chi connectivity index (χ1v) is 7.34. The van der Waals surface area contributed by atoms with Crippen LogP contribution in [0.25, 0.3) is 0 Å². The summed E-state index contributed by atoms with van der Waals surface area (Å²) in [7, 11) is -3.87. The molecule has 0 spiro atoms. The summed E-state index contributed by atoms with van der Waals surface area (Å²) >= 11 is 0. The van der Waals surface area contributed by atoms with Crippen molar-refractivity contribution in [1.29, 1.82) is 5.26 Å². The Kier molecular flexibility index (Phi) is 3.88. The summed E-state index contributed by atoms with van der Waals surface area (Å²) in [5.74, 6) is 0.194. The lowest BCUT2D eigenvalue weighted by molar-refractivity contribution is 0.390. The molecule has 104 valence electrons. The van der Waals surface area contributed by atoms with Crippen molar-refractivity contribution in [1.82, 2.24) is 9.88 Å². The normalized spacial score (nSPS) is 12.8. The van der Waals surface area contributed by atoms with Crippen molar-refractivity contribution in [2.45, 2.75) is 24.8 Å². The first-order valence-electron chi connectivity index (χ1n) is 5.85. The zero-order valence-electron chi connectivity index (χ0n) is 11.0. The van der Waals surface area contributed by atoms with Crippen molar-refractivity contribution >= 4 is 10.0 Å². The van der Waals surface area contributed by atoms with Gasteiger partial charge in [-0.15, -0.1) is 0 Å². The summed E-state index contributed by atoms with van der Waals surface area (Å²) in [6, 6.07) is 9.61. The van der Waals surface area contributed by atoms with E-state index in [1.807, 2.05) is 6.07 Å². The van der Waals surface area contributed by atoms with Crippen LogP contribution in [0.1, 0.15) is 23.1 Å². The lowest BCUT2D eigenvalue weighted by Crippen LogP contribution is -2.28. The van der Waals surface area contributed by atoms with Crippen LogP contribution in [0, 0.1) is 25.2 Å². The van der Waals surface area contributed by atoms with Crippen molar-refractivity contribution in [3.63, 3.8) is 0 Å². The van der Waals surface area contributed by atoms with E-state index in [4.69, 9.17) is 9.78 Å². The summed E-state index contributed by atoms with van der Waals surface area (Å²) < 4.78 is 31.8. The van der Waals surface area contributed by atoms with Gasteiger partial charge in [0, 0.05) is 0 Å². The third kappa shape index (κ3) is 2.71. The fourth-order valence-electron chi connectivity index (χ4n) is 1.89. The van der Waals surface area contributed by atoms with Crippen LogP contribution in [0.4, 0.5) is 0 Å². The standard InChI is InChI=1S/C13H13N3O3S/c1-9-13(10(2)19-15-9)20(17,18)16-12(8-14)11-6-4-3-5-7-11/h3-7,12,16H,1-2H3. The predicted molar refractivity (Wildman–Crippen MR) is 71.1 cm³/mol. The number of rotatable bonds is 4. The zero-order valence-corrected chi connectivity index (χ0v) is 11.8. The SMILES string of the molecule is Cc1noc(C)c1S(=O)(=O)NC(C#N)c1ccccc1. The quantitative estimate of drug-likeness (QED) is 0.927. The van der Waals surface area contributed by atoms with Gasteiger partial charge < -0.3 is 4.52 Å². The molecule has 1 aromatic carbocycles. The largest absolute Gasteiger partial charge is 0.360 e. The number of hydrogen-bond donors (Lipinski definition) is 1. The molecule has 0 amide bonds. The van der Waals surface area contributed by atoms with Crippen LogP contribution in [0.2, 0.25) is 0 Å². The molecule has 0 bridgehead atoms. The number of aromatic nitrogens is 1. The van der Waals surface area contributed by atoms with Gasteiger partial charge in [0.05, 0.1) is 6.07 Å². The van der Waals surface area contributed by atoms with Crippen molar-refractivity contribution in [3.8, 4) is 6.07 Å². The van der Waals surface area contributed by atoms with E-state index < -0.39 is 16.1 Å². The van der Waals surface area contributed by atoms with Gasteiger partial charge in [-0.05, 0) is 19.4 Å². The van der Waals surface area contributed by atoms with Gasteiger partial charge >= 0.3 is 0 Å². The average Bonchev–Trinajstić information content (AvgIpc) is 2.77. The molecule has 0 aliphatic heterocycles. The highest BCUT2D eigenvalue weighted by Crippen LogP contribution is 2.21. The van der Waals surface area contributed by atoms with E-state index in [0.29, 0.717) is 5.56 Å². The Balaban J connectivity index is 2.36. The summed E-state index contributed by atoms with van der Waals surface area (Å²) in [5.41, 5.74) is 0.838. The van der Waals surface area contributed by atoms with Gasteiger partial charge in [-0.1, -0.05) is 35.5 Å². The number of nitrogens with zero attached hydrogens (tertiary/aromatic N) is 2. The minimum Gasteiger partial charge on any atom is -0.360 e. The smallest absolute Gasteiger partial charge is 0.247 e. The van der Waals surface area contributed by atoms with Crippen molar-refractivity contribution in [2.75, 3.05) is 0 Å². The lowest BCUT2D eigenvalue weighted by Gasteiger charge is -2.12. The summed E-state index contributed by atoms with van der Waals surface area (Å²) in [6.45, 7) is 3.05. The zero-order chi connectivity index (χ0) is 14.8. The second-order valence-corrected chi connectivity index (χ2v) is 5.90. The number of nitriles is 1. The fourth-order valence-corrected chi connectivity index (χ4v) is 3.35. The third-order valence-corrected chi connectivity index (χ3v) is 4.44. The maximum absolute atomic E-state index is 12.3. The van der Waals surface area contributed by atoms with Gasteiger partial charge in [0.1, 0.15) is 16.6 Å². The Morgan fingerprint density at radius 1 is 1.30 bits per heavy atom. The van der Waals surface area contributed by atoms with Crippen LogP contribution in [0.5, 0.6) is 0 Å². The average molecular weight is 291 g/mol. The molecule has 0 saturated carbocycles. The molecule has 1 unspecified atom stereocenters. The van der Waals surface area contributed by atoms with E-state index in [0.717, 1.165) is 0 Å². The molecule has 1 aromatic heterocycles. The molecule has 7 heteroatoms. The summed E-state index contributed by atoms with van der Waals surface area (Å²) in [4.78, 5) is -0.0197. The van der Waals surface area contributed by atoms with E-state index in [2.05, 4.69) is 9.88 Å². The Labute approximate surface area is 117 Å². The first-order chi connectivity index (χ1) is 9.45. The number of nitrogens with one attached hydrogen (secondary N) is 1.